The van der Waals surface area contributed by atoms with Gasteiger partial charge < -0.3 is 15.4 Å². The molecule has 156 valence electrons. The van der Waals surface area contributed by atoms with Crippen molar-refractivity contribution in [1.82, 2.24) is 20.6 Å². The first-order valence-corrected chi connectivity index (χ1v) is 10.3. The van der Waals surface area contributed by atoms with Crippen LogP contribution in [0.1, 0.15) is 44.9 Å². The smallest absolute Gasteiger partial charge is 0.321 e. The van der Waals surface area contributed by atoms with Crippen molar-refractivity contribution in [2.75, 3.05) is 18.5 Å². The molecule has 9 heteroatoms. The summed E-state index contributed by atoms with van der Waals surface area (Å²) in [5.41, 5.74) is -0.166. The average Bonchev–Trinajstić information content (AvgIpc) is 2.65. The molecular formula is C20H27N5O4. The van der Waals surface area contributed by atoms with Gasteiger partial charge in [-0.1, -0.05) is 0 Å². The first kappa shape index (κ1) is 19.6. The molecular weight excluding hydrogens is 374 g/mol. The predicted molar refractivity (Wildman–Crippen MR) is 104 cm³/mol. The van der Waals surface area contributed by atoms with E-state index in [4.69, 9.17) is 4.74 Å². The molecule has 0 atom stereocenters. The van der Waals surface area contributed by atoms with Crippen LogP contribution in [-0.4, -0.2) is 46.6 Å². The van der Waals surface area contributed by atoms with Gasteiger partial charge in [-0.15, -0.1) is 0 Å². The lowest BCUT2D eigenvalue weighted by molar-refractivity contribution is -0.148. The first-order chi connectivity index (χ1) is 14.0. The minimum absolute atomic E-state index is 0.0605. The Kier molecular flexibility index (Phi) is 5.64. The number of esters is 1. The second-order valence-corrected chi connectivity index (χ2v) is 8.61. The monoisotopic (exact) mass is 401 g/mol. The van der Waals surface area contributed by atoms with Crippen LogP contribution < -0.4 is 16.0 Å². The maximum atomic E-state index is 12.3. The highest BCUT2D eigenvalue weighted by Crippen LogP contribution is 2.55. The van der Waals surface area contributed by atoms with Crippen molar-refractivity contribution < 1.29 is 19.1 Å². The molecule has 29 heavy (non-hydrogen) atoms. The van der Waals surface area contributed by atoms with Crippen molar-refractivity contribution >= 4 is 23.9 Å². The molecule has 3 N–H and O–H groups in total. The van der Waals surface area contributed by atoms with Gasteiger partial charge in [0.15, 0.2) is 6.61 Å². The number of ether oxygens (including phenoxy) is 1. The Balaban J connectivity index is 1.14. The number of hydrogen-bond acceptors (Lipinski definition) is 7. The third kappa shape index (κ3) is 5.02. The van der Waals surface area contributed by atoms with E-state index in [2.05, 4.69) is 25.9 Å². The van der Waals surface area contributed by atoms with E-state index >= 15 is 0 Å². The maximum absolute atomic E-state index is 12.3. The number of carbonyl (C=O) groups is 3. The zero-order chi connectivity index (χ0) is 20.3. The van der Waals surface area contributed by atoms with Crippen molar-refractivity contribution in [2.24, 2.45) is 17.8 Å². The van der Waals surface area contributed by atoms with Crippen molar-refractivity contribution in [1.29, 1.82) is 0 Å². The van der Waals surface area contributed by atoms with Crippen LogP contribution in [0.2, 0.25) is 0 Å². The number of hydrogen-bond donors (Lipinski definition) is 3. The van der Waals surface area contributed by atoms with Gasteiger partial charge in [0.2, 0.25) is 5.95 Å². The van der Waals surface area contributed by atoms with Crippen LogP contribution in [0.25, 0.3) is 0 Å². The molecule has 4 saturated carbocycles. The fourth-order valence-corrected chi connectivity index (χ4v) is 5.58. The molecule has 4 fully saturated rings. The van der Waals surface area contributed by atoms with E-state index in [1.54, 1.807) is 18.5 Å². The molecule has 3 amide bonds. The fraction of sp³-hybridized carbons (Fsp3) is 0.650. The standard InChI is InChI=1S/C20H27N5O4/c26-16(12-29-17(27)2-5-23-18-21-3-1-4-22-18)24-19(28)25-20-9-13-6-14(10-20)8-15(7-13)11-20/h1,3-4,13-15H,2,5-12H2,(H,21,22,23)(H2,24,25,26,28). The van der Waals surface area contributed by atoms with E-state index in [0.717, 1.165) is 19.3 Å². The Labute approximate surface area is 169 Å². The summed E-state index contributed by atoms with van der Waals surface area (Å²) in [7, 11) is 0. The molecule has 1 aromatic heterocycles. The Hall–Kier alpha value is -2.71. The van der Waals surface area contributed by atoms with Gasteiger partial charge in [0, 0.05) is 24.5 Å². The van der Waals surface area contributed by atoms with Gasteiger partial charge in [-0.3, -0.25) is 14.9 Å². The maximum Gasteiger partial charge on any atom is 0.321 e. The minimum atomic E-state index is -0.625. The van der Waals surface area contributed by atoms with Crippen molar-refractivity contribution in [2.45, 2.75) is 50.5 Å². The van der Waals surface area contributed by atoms with E-state index in [1.807, 2.05) is 0 Å². The molecule has 0 aliphatic heterocycles. The Bertz CT molecular complexity index is 734. The van der Waals surface area contributed by atoms with Crippen LogP contribution in [-0.2, 0) is 14.3 Å². The number of nitrogens with one attached hydrogen (secondary N) is 3. The molecule has 5 rings (SSSR count). The molecule has 1 aromatic rings. The molecule has 1 heterocycles. The van der Waals surface area contributed by atoms with E-state index in [1.165, 1.54) is 19.3 Å². The summed E-state index contributed by atoms with van der Waals surface area (Å²) in [5.74, 6) is 1.36. The van der Waals surface area contributed by atoms with Crippen molar-refractivity contribution in [3.05, 3.63) is 18.5 Å². The van der Waals surface area contributed by atoms with Crippen LogP contribution >= 0.6 is 0 Å². The normalized spacial score (nSPS) is 29.2. The van der Waals surface area contributed by atoms with E-state index in [-0.39, 0.29) is 18.5 Å². The summed E-state index contributed by atoms with van der Waals surface area (Å²) in [6.07, 6.45) is 10.1. The van der Waals surface area contributed by atoms with Crippen molar-refractivity contribution in [3.8, 4) is 0 Å². The van der Waals surface area contributed by atoms with Gasteiger partial charge in [0.1, 0.15) is 0 Å². The van der Waals surface area contributed by atoms with Gasteiger partial charge in [0.05, 0.1) is 6.42 Å². The first-order valence-electron chi connectivity index (χ1n) is 10.3. The summed E-state index contributed by atoms with van der Waals surface area (Å²) in [4.78, 5) is 43.9. The Morgan fingerprint density at radius 3 is 2.28 bits per heavy atom. The largest absolute Gasteiger partial charge is 0.456 e. The van der Waals surface area contributed by atoms with Gasteiger partial charge >= 0.3 is 12.0 Å². The molecule has 0 spiro atoms. The number of carbonyl (C=O) groups excluding carboxylic acids is 3. The fourth-order valence-electron chi connectivity index (χ4n) is 5.58. The molecule has 0 aromatic carbocycles. The molecule has 4 bridgehead atoms. The van der Waals surface area contributed by atoms with Crippen LogP contribution in [0.15, 0.2) is 18.5 Å². The number of urea groups is 1. The SMILES string of the molecule is O=C(COC(=O)CCNc1ncccn1)NC(=O)NC12CC3CC(CC(C3)C1)C2. The number of imide groups is 1. The van der Waals surface area contributed by atoms with Crippen LogP contribution in [0, 0.1) is 17.8 Å². The molecule has 4 aliphatic carbocycles. The van der Waals surface area contributed by atoms with Crippen LogP contribution in [0.3, 0.4) is 0 Å². The highest BCUT2D eigenvalue weighted by molar-refractivity contribution is 5.95. The van der Waals surface area contributed by atoms with E-state index < -0.39 is 24.5 Å². The summed E-state index contributed by atoms with van der Waals surface area (Å²) in [6.45, 7) is -0.189. The predicted octanol–water partition coefficient (Wildman–Crippen LogP) is 1.62. The highest BCUT2D eigenvalue weighted by Gasteiger charge is 2.51. The van der Waals surface area contributed by atoms with Crippen LogP contribution in [0.5, 0.6) is 0 Å². The average molecular weight is 401 g/mol. The zero-order valence-corrected chi connectivity index (χ0v) is 16.4. The van der Waals surface area contributed by atoms with E-state index in [9.17, 15) is 14.4 Å². The second-order valence-electron chi connectivity index (χ2n) is 8.61. The quantitative estimate of drug-likeness (QED) is 0.593. The van der Waals surface area contributed by atoms with Gasteiger partial charge in [-0.05, 0) is 62.3 Å². The number of rotatable bonds is 7. The van der Waals surface area contributed by atoms with Crippen LogP contribution in [0.4, 0.5) is 10.7 Å². The minimum Gasteiger partial charge on any atom is -0.456 e. The highest BCUT2D eigenvalue weighted by atomic mass is 16.5. The van der Waals surface area contributed by atoms with Gasteiger partial charge in [0.25, 0.3) is 5.91 Å². The number of nitrogens with zero attached hydrogens (tertiary/aromatic N) is 2. The molecule has 9 nitrogen and oxygen atoms in total. The zero-order valence-electron chi connectivity index (χ0n) is 16.4. The number of aromatic nitrogens is 2. The third-order valence-corrected chi connectivity index (χ3v) is 6.21. The molecule has 0 unspecified atom stereocenters. The summed E-state index contributed by atoms with van der Waals surface area (Å²) >= 11 is 0. The molecule has 0 saturated heterocycles. The third-order valence-electron chi connectivity index (χ3n) is 6.21. The Morgan fingerprint density at radius 1 is 1.03 bits per heavy atom. The lowest BCUT2D eigenvalue weighted by atomic mass is 9.53. The number of amides is 3. The topological polar surface area (TPSA) is 122 Å². The summed E-state index contributed by atoms with van der Waals surface area (Å²) < 4.78 is 4.92. The molecule has 4 aliphatic rings. The molecule has 0 radical (unpaired) electrons. The summed E-state index contributed by atoms with van der Waals surface area (Å²) in [5, 5.41) is 8.23. The Morgan fingerprint density at radius 2 is 1.66 bits per heavy atom. The summed E-state index contributed by atoms with van der Waals surface area (Å²) in [6, 6.07) is 1.20. The van der Waals surface area contributed by atoms with Crippen molar-refractivity contribution in [3.63, 3.8) is 0 Å². The lowest BCUT2D eigenvalue weighted by Crippen LogP contribution is -2.62. The lowest BCUT2D eigenvalue weighted by Gasteiger charge is -2.56. The van der Waals surface area contributed by atoms with E-state index in [0.29, 0.717) is 23.7 Å². The second kappa shape index (κ2) is 8.34. The van der Waals surface area contributed by atoms with Gasteiger partial charge in [-0.25, -0.2) is 14.8 Å². The number of anilines is 1. The van der Waals surface area contributed by atoms with Gasteiger partial charge in [-0.2, -0.15) is 0 Å².